The van der Waals surface area contributed by atoms with Crippen molar-refractivity contribution in [3.05, 3.63) is 0 Å². The maximum Gasteiger partial charge on any atom is 0.0359 e. The lowest BCUT2D eigenvalue weighted by Crippen LogP contribution is -2.60. The number of hydrogen-bond acceptors (Lipinski definition) is 2. The Labute approximate surface area is 108 Å². The molecule has 0 amide bonds. The van der Waals surface area contributed by atoms with Gasteiger partial charge in [0.25, 0.3) is 0 Å². The second kappa shape index (κ2) is 6.75. The average molecular weight is 240 g/mol. The minimum absolute atomic E-state index is 0.279. The van der Waals surface area contributed by atoms with Crippen LogP contribution in [-0.2, 0) is 0 Å². The Morgan fingerprint density at radius 3 is 2.59 bits per heavy atom. The van der Waals surface area contributed by atoms with E-state index in [1.165, 1.54) is 44.9 Å². The Balaban J connectivity index is 2.83. The molecule has 1 saturated carbocycles. The second-order valence-electron chi connectivity index (χ2n) is 5.91. The highest BCUT2D eigenvalue weighted by Gasteiger charge is 2.43. The summed E-state index contributed by atoms with van der Waals surface area (Å²) in [5.41, 5.74) is 6.48. The normalized spacial score (nSPS) is 31.8. The van der Waals surface area contributed by atoms with E-state index in [-0.39, 0.29) is 5.54 Å². The molecule has 0 saturated heterocycles. The van der Waals surface area contributed by atoms with Crippen molar-refractivity contribution in [3.63, 3.8) is 0 Å². The van der Waals surface area contributed by atoms with Crippen molar-refractivity contribution in [1.82, 2.24) is 4.90 Å². The first kappa shape index (κ1) is 15.0. The molecule has 0 bridgehead atoms. The third kappa shape index (κ3) is 3.03. The van der Waals surface area contributed by atoms with Gasteiger partial charge in [-0.2, -0.15) is 0 Å². The van der Waals surface area contributed by atoms with Crippen molar-refractivity contribution < 1.29 is 0 Å². The van der Waals surface area contributed by atoms with Gasteiger partial charge in [-0.3, -0.25) is 4.90 Å². The van der Waals surface area contributed by atoms with E-state index in [1.807, 2.05) is 0 Å². The summed E-state index contributed by atoms with van der Waals surface area (Å²) in [6, 6.07) is 0.663. The summed E-state index contributed by atoms with van der Waals surface area (Å²) < 4.78 is 0. The highest BCUT2D eigenvalue weighted by Crippen LogP contribution is 2.40. The molecule has 0 heterocycles. The zero-order valence-corrected chi connectivity index (χ0v) is 12.3. The Bertz CT molecular complexity index is 217. The summed E-state index contributed by atoms with van der Waals surface area (Å²) in [6.45, 7) is 7.80. The third-order valence-electron chi connectivity index (χ3n) is 5.09. The topological polar surface area (TPSA) is 29.3 Å². The lowest BCUT2D eigenvalue weighted by molar-refractivity contribution is -0.00386. The first-order valence-electron chi connectivity index (χ1n) is 7.55. The highest BCUT2D eigenvalue weighted by molar-refractivity contribution is 4.99. The maximum absolute atomic E-state index is 6.20. The first-order valence-corrected chi connectivity index (χ1v) is 7.55. The molecule has 2 N–H and O–H groups in total. The molecule has 0 aromatic heterocycles. The van der Waals surface area contributed by atoms with Crippen molar-refractivity contribution >= 4 is 0 Å². The average Bonchev–Trinajstić information content (AvgIpc) is 2.37. The molecule has 1 aliphatic carbocycles. The molecule has 17 heavy (non-hydrogen) atoms. The van der Waals surface area contributed by atoms with Gasteiger partial charge in [0, 0.05) is 18.1 Å². The van der Waals surface area contributed by atoms with E-state index in [1.54, 1.807) is 0 Å². The minimum Gasteiger partial charge on any atom is -0.329 e. The molecule has 1 rings (SSSR count). The van der Waals surface area contributed by atoms with Crippen LogP contribution in [0.1, 0.15) is 65.7 Å². The summed E-state index contributed by atoms with van der Waals surface area (Å²) in [4.78, 5) is 2.61. The Kier molecular flexibility index (Phi) is 5.94. The van der Waals surface area contributed by atoms with E-state index in [0.717, 1.165) is 12.5 Å². The van der Waals surface area contributed by atoms with Crippen molar-refractivity contribution in [2.45, 2.75) is 77.3 Å². The van der Waals surface area contributed by atoms with Crippen molar-refractivity contribution in [2.75, 3.05) is 13.6 Å². The Morgan fingerprint density at radius 2 is 2.06 bits per heavy atom. The third-order valence-corrected chi connectivity index (χ3v) is 5.09. The van der Waals surface area contributed by atoms with Gasteiger partial charge in [0.05, 0.1) is 0 Å². The van der Waals surface area contributed by atoms with E-state index in [0.29, 0.717) is 6.04 Å². The van der Waals surface area contributed by atoms with E-state index in [4.69, 9.17) is 5.73 Å². The smallest absolute Gasteiger partial charge is 0.0359 e. The number of rotatable bonds is 6. The summed E-state index contributed by atoms with van der Waals surface area (Å²) in [5, 5.41) is 0. The van der Waals surface area contributed by atoms with Gasteiger partial charge in [-0.15, -0.1) is 0 Å². The molecule has 0 aliphatic heterocycles. The fraction of sp³-hybridized carbons (Fsp3) is 1.00. The van der Waals surface area contributed by atoms with Gasteiger partial charge < -0.3 is 5.73 Å². The van der Waals surface area contributed by atoms with E-state index < -0.39 is 0 Å². The summed E-state index contributed by atoms with van der Waals surface area (Å²) in [5.74, 6) is 0.797. The standard InChI is InChI=1S/C15H32N2/c1-5-9-13(3)17(4)15(12-16)11-8-7-10-14(15)6-2/h13-14H,5-12,16H2,1-4H3. The summed E-state index contributed by atoms with van der Waals surface area (Å²) in [6.07, 6.45) is 9.26. The number of hydrogen-bond donors (Lipinski definition) is 1. The molecule has 0 aromatic carbocycles. The largest absolute Gasteiger partial charge is 0.329 e. The van der Waals surface area contributed by atoms with Crippen LogP contribution >= 0.6 is 0 Å². The van der Waals surface area contributed by atoms with Gasteiger partial charge in [0.15, 0.2) is 0 Å². The van der Waals surface area contributed by atoms with E-state index in [2.05, 4.69) is 32.7 Å². The van der Waals surface area contributed by atoms with Gasteiger partial charge in [-0.05, 0) is 39.2 Å². The van der Waals surface area contributed by atoms with Crippen molar-refractivity contribution in [1.29, 1.82) is 0 Å². The molecular weight excluding hydrogens is 208 g/mol. The van der Waals surface area contributed by atoms with E-state index >= 15 is 0 Å². The molecule has 3 atom stereocenters. The molecule has 3 unspecified atom stereocenters. The van der Waals surface area contributed by atoms with Gasteiger partial charge in [-0.1, -0.05) is 39.5 Å². The SMILES string of the molecule is CCCC(C)N(C)C1(CN)CCCCC1CC. The van der Waals surface area contributed by atoms with Crippen LogP contribution in [0.4, 0.5) is 0 Å². The first-order chi connectivity index (χ1) is 8.12. The second-order valence-corrected chi connectivity index (χ2v) is 5.91. The van der Waals surface area contributed by atoms with Crippen LogP contribution in [0.3, 0.4) is 0 Å². The monoisotopic (exact) mass is 240 g/mol. The van der Waals surface area contributed by atoms with E-state index in [9.17, 15) is 0 Å². The number of nitrogens with two attached hydrogens (primary N) is 1. The van der Waals surface area contributed by atoms with Crippen LogP contribution in [0.15, 0.2) is 0 Å². The molecule has 102 valence electrons. The predicted molar refractivity (Wildman–Crippen MR) is 76.2 cm³/mol. The molecule has 1 aliphatic rings. The molecule has 0 radical (unpaired) electrons. The van der Waals surface area contributed by atoms with Crippen molar-refractivity contribution in [3.8, 4) is 0 Å². The van der Waals surface area contributed by atoms with Crippen molar-refractivity contribution in [2.24, 2.45) is 11.7 Å². The van der Waals surface area contributed by atoms with Crippen LogP contribution in [-0.4, -0.2) is 30.1 Å². The number of likely N-dealkylation sites (N-methyl/N-ethyl adjacent to an activating group) is 1. The van der Waals surface area contributed by atoms with Gasteiger partial charge in [-0.25, -0.2) is 0 Å². The fourth-order valence-electron chi connectivity index (χ4n) is 3.81. The lowest BCUT2D eigenvalue weighted by Gasteiger charge is -2.52. The fourth-order valence-corrected chi connectivity index (χ4v) is 3.81. The van der Waals surface area contributed by atoms with Crippen LogP contribution < -0.4 is 5.73 Å². The highest BCUT2D eigenvalue weighted by atomic mass is 15.2. The van der Waals surface area contributed by atoms with Crippen LogP contribution in [0.2, 0.25) is 0 Å². The quantitative estimate of drug-likeness (QED) is 0.771. The molecular formula is C15H32N2. The van der Waals surface area contributed by atoms with Crippen LogP contribution in [0, 0.1) is 5.92 Å². The van der Waals surface area contributed by atoms with Crippen LogP contribution in [0.5, 0.6) is 0 Å². The van der Waals surface area contributed by atoms with Gasteiger partial charge in [0.2, 0.25) is 0 Å². The molecule has 0 aromatic rings. The molecule has 0 spiro atoms. The Hall–Kier alpha value is -0.0800. The maximum atomic E-state index is 6.20. The predicted octanol–water partition coefficient (Wildman–Crippen LogP) is 3.40. The van der Waals surface area contributed by atoms with Gasteiger partial charge in [0.1, 0.15) is 0 Å². The molecule has 2 heteroatoms. The Morgan fingerprint density at radius 1 is 1.35 bits per heavy atom. The zero-order valence-electron chi connectivity index (χ0n) is 12.3. The van der Waals surface area contributed by atoms with Gasteiger partial charge >= 0.3 is 0 Å². The van der Waals surface area contributed by atoms with Crippen LogP contribution in [0.25, 0.3) is 0 Å². The minimum atomic E-state index is 0.279. The molecule has 2 nitrogen and oxygen atoms in total. The molecule has 1 fully saturated rings. The summed E-state index contributed by atoms with van der Waals surface area (Å²) in [7, 11) is 2.31. The number of nitrogens with zero attached hydrogens (tertiary/aromatic N) is 1. The zero-order chi connectivity index (χ0) is 12.9. The summed E-state index contributed by atoms with van der Waals surface area (Å²) >= 11 is 0. The lowest BCUT2D eigenvalue weighted by atomic mass is 9.70.